The van der Waals surface area contributed by atoms with Gasteiger partial charge in [0.15, 0.2) is 0 Å². The number of nitrogens with zero attached hydrogens (tertiary/aromatic N) is 1. The largest absolute Gasteiger partial charge is 0.508 e. The van der Waals surface area contributed by atoms with E-state index in [4.69, 9.17) is 10.5 Å². The Labute approximate surface area is 231 Å². The number of phenols is 1. The number of methoxy groups -OCH3 is 1. The lowest BCUT2D eigenvalue weighted by Gasteiger charge is -2.30. The molecule has 4 atom stereocenters. The van der Waals surface area contributed by atoms with Crippen LogP contribution in [0.25, 0.3) is 0 Å². The topological polar surface area (TPSA) is 163 Å². The highest BCUT2D eigenvalue weighted by Gasteiger charge is 2.34. The molecule has 0 aliphatic carbocycles. The third-order valence-corrected chi connectivity index (χ3v) is 6.68. The molecule has 1 aliphatic rings. The number of carbonyl (C=O) groups is 4. The van der Waals surface area contributed by atoms with Gasteiger partial charge in [-0.2, -0.15) is 0 Å². The molecule has 0 spiro atoms. The molecule has 3 amide bonds. The van der Waals surface area contributed by atoms with E-state index >= 15 is 0 Å². The van der Waals surface area contributed by atoms with Gasteiger partial charge in [0.05, 0.1) is 13.2 Å². The van der Waals surface area contributed by atoms with E-state index in [9.17, 15) is 24.3 Å². The van der Waals surface area contributed by atoms with E-state index in [1.165, 1.54) is 12.0 Å². The fourth-order valence-electron chi connectivity index (χ4n) is 4.61. The van der Waals surface area contributed by atoms with Crippen LogP contribution in [-0.2, 0) is 30.3 Å². The van der Waals surface area contributed by atoms with E-state index in [1.54, 1.807) is 24.3 Å². The predicted octanol–water partition coefficient (Wildman–Crippen LogP) is 0.687. The van der Waals surface area contributed by atoms with Gasteiger partial charge in [-0.25, -0.2) is 0 Å². The van der Waals surface area contributed by atoms with Crippen molar-refractivity contribution in [2.45, 2.75) is 77.5 Å². The molecule has 2 rings (SSSR count). The number of amides is 3. The van der Waals surface area contributed by atoms with Crippen LogP contribution in [0.3, 0.4) is 0 Å². The Bertz CT molecular complexity index is 968. The molecule has 1 aromatic carbocycles. The first-order valence-electron chi connectivity index (χ1n) is 13.6. The molecule has 39 heavy (non-hydrogen) atoms. The molecule has 1 aromatic rings. The van der Waals surface area contributed by atoms with Crippen molar-refractivity contribution in [2.75, 3.05) is 26.7 Å². The van der Waals surface area contributed by atoms with Crippen molar-refractivity contribution in [3.8, 4) is 5.75 Å². The smallest absolute Gasteiger partial charge is 0.325 e. The fraction of sp³-hybridized carbons (Fsp3) is 0.643. The SMILES string of the molecule is COC(=O)CN1CCC(CN)N[C@@H](Cc2ccc(O)cc2)C(=O)N[C@@H](CC(C)C)C(=O)N[C@@H](CC(C)C)C1=O. The first-order valence-corrected chi connectivity index (χ1v) is 13.6. The second-order valence-corrected chi connectivity index (χ2v) is 11.0. The second-order valence-electron chi connectivity index (χ2n) is 11.0. The molecule has 0 radical (unpaired) electrons. The number of hydrogen-bond donors (Lipinski definition) is 5. The molecule has 218 valence electrons. The number of aromatic hydroxyl groups is 1. The Balaban J connectivity index is 2.48. The van der Waals surface area contributed by atoms with Gasteiger partial charge in [-0.1, -0.05) is 39.8 Å². The molecule has 1 heterocycles. The normalized spacial score (nSPS) is 23.5. The summed E-state index contributed by atoms with van der Waals surface area (Å²) < 4.78 is 4.82. The standard InChI is InChI=1S/C28H45N5O6/c1-17(2)12-22-26(36)32-24(13-18(3)4)28(38)33(16-25(35)39-5)11-10-20(15-29)30-23(27(37)31-22)14-19-6-8-21(34)9-7-19/h6-9,17-18,20,22-24,30,34H,10-16,29H2,1-5H3,(H,31,37)(H,32,36)/t20?,22-,23-,24-/m0/s1. The summed E-state index contributed by atoms with van der Waals surface area (Å²) in [5.41, 5.74) is 6.87. The van der Waals surface area contributed by atoms with Crippen LogP contribution in [0.5, 0.6) is 5.75 Å². The Morgan fingerprint density at radius 1 is 1.00 bits per heavy atom. The van der Waals surface area contributed by atoms with Crippen molar-refractivity contribution in [3.63, 3.8) is 0 Å². The first kappa shape index (κ1) is 32.0. The number of nitrogens with one attached hydrogen (secondary N) is 3. The summed E-state index contributed by atoms with van der Waals surface area (Å²) in [6.45, 7) is 7.89. The maximum absolute atomic E-state index is 13.6. The van der Waals surface area contributed by atoms with E-state index in [0.717, 1.165) is 5.56 Å². The summed E-state index contributed by atoms with van der Waals surface area (Å²) in [5, 5.41) is 18.7. The molecule has 6 N–H and O–H groups in total. The van der Waals surface area contributed by atoms with Gasteiger partial charge in [0.25, 0.3) is 0 Å². The predicted molar refractivity (Wildman–Crippen MR) is 148 cm³/mol. The van der Waals surface area contributed by atoms with Gasteiger partial charge < -0.3 is 36.4 Å². The summed E-state index contributed by atoms with van der Waals surface area (Å²) in [7, 11) is 1.26. The average Bonchev–Trinajstić information content (AvgIpc) is 2.88. The van der Waals surface area contributed by atoms with Crippen molar-refractivity contribution in [2.24, 2.45) is 17.6 Å². The minimum Gasteiger partial charge on any atom is -0.508 e. The lowest BCUT2D eigenvalue weighted by molar-refractivity contribution is -0.148. The maximum atomic E-state index is 13.6. The van der Waals surface area contributed by atoms with E-state index in [0.29, 0.717) is 25.7 Å². The van der Waals surface area contributed by atoms with Crippen LogP contribution >= 0.6 is 0 Å². The summed E-state index contributed by atoms with van der Waals surface area (Å²) in [6, 6.07) is 3.73. The number of rotatable bonds is 9. The Morgan fingerprint density at radius 3 is 2.13 bits per heavy atom. The average molecular weight is 548 g/mol. The number of ether oxygens (including phenoxy) is 1. The molecule has 11 heteroatoms. The third-order valence-electron chi connectivity index (χ3n) is 6.68. The van der Waals surface area contributed by atoms with Crippen LogP contribution in [0.4, 0.5) is 0 Å². The molecule has 0 saturated carbocycles. The number of carbonyl (C=O) groups excluding carboxylic acids is 4. The molecule has 1 unspecified atom stereocenters. The number of nitrogens with two attached hydrogens (primary N) is 1. The number of hydrogen-bond acceptors (Lipinski definition) is 8. The van der Waals surface area contributed by atoms with E-state index in [1.807, 2.05) is 27.7 Å². The molecular weight excluding hydrogens is 502 g/mol. The van der Waals surface area contributed by atoms with Crippen molar-refractivity contribution in [3.05, 3.63) is 29.8 Å². The van der Waals surface area contributed by atoms with Crippen molar-refractivity contribution in [1.82, 2.24) is 20.9 Å². The highest BCUT2D eigenvalue weighted by Crippen LogP contribution is 2.15. The zero-order chi connectivity index (χ0) is 29.1. The van der Waals surface area contributed by atoms with E-state index < -0.39 is 30.0 Å². The number of esters is 1. The van der Waals surface area contributed by atoms with Gasteiger partial charge in [0, 0.05) is 19.1 Å². The maximum Gasteiger partial charge on any atom is 0.325 e. The van der Waals surface area contributed by atoms with E-state index in [-0.39, 0.29) is 55.1 Å². The fourth-order valence-corrected chi connectivity index (χ4v) is 4.61. The zero-order valence-electron chi connectivity index (χ0n) is 23.7. The van der Waals surface area contributed by atoms with Gasteiger partial charge in [0.1, 0.15) is 24.4 Å². The first-order chi connectivity index (χ1) is 18.4. The molecule has 11 nitrogen and oxygen atoms in total. The van der Waals surface area contributed by atoms with Gasteiger partial charge >= 0.3 is 5.97 Å². The molecule has 0 aromatic heterocycles. The Morgan fingerprint density at radius 2 is 1.56 bits per heavy atom. The summed E-state index contributed by atoms with van der Waals surface area (Å²) in [4.78, 5) is 54.3. The summed E-state index contributed by atoms with van der Waals surface area (Å²) in [5.74, 6) is -1.47. The minimum absolute atomic E-state index is 0.0844. The van der Waals surface area contributed by atoms with Crippen molar-refractivity contribution < 1.29 is 29.0 Å². The van der Waals surface area contributed by atoms with Crippen molar-refractivity contribution in [1.29, 1.82) is 0 Å². The van der Waals surface area contributed by atoms with Gasteiger partial charge in [-0.05, 0) is 55.2 Å². The highest BCUT2D eigenvalue weighted by atomic mass is 16.5. The van der Waals surface area contributed by atoms with Gasteiger partial charge in [-0.3, -0.25) is 19.2 Å². The van der Waals surface area contributed by atoms with Crippen LogP contribution in [-0.4, -0.2) is 84.6 Å². The molecule has 1 aliphatic heterocycles. The number of benzene rings is 1. The monoisotopic (exact) mass is 547 g/mol. The van der Waals surface area contributed by atoms with Crippen LogP contribution in [0.2, 0.25) is 0 Å². The minimum atomic E-state index is -0.869. The Hall–Kier alpha value is -3.18. The van der Waals surface area contributed by atoms with Crippen LogP contribution in [0, 0.1) is 11.8 Å². The van der Waals surface area contributed by atoms with Crippen LogP contribution in [0.15, 0.2) is 24.3 Å². The molecule has 0 bridgehead atoms. The van der Waals surface area contributed by atoms with Crippen LogP contribution < -0.4 is 21.7 Å². The third kappa shape index (κ3) is 10.5. The lowest BCUT2D eigenvalue weighted by Crippen LogP contribution is -2.57. The lowest BCUT2D eigenvalue weighted by atomic mass is 9.99. The highest BCUT2D eigenvalue weighted by molar-refractivity contribution is 5.94. The number of phenolic OH excluding ortho intramolecular Hbond substituents is 1. The zero-order valence-corrected chi connectivity index (χ0v) is 23.7. The van der Waals surface area contributed by atoms with Gasteiger partial charge in [-0.15, -0.1) is 0 Å². The second kappa shape index (κ2) is 15.4. The molecule has 1 saturated heterocycles. The Kier molecular flexibility index (Phi) is 12.7. The quantitative estimate of drug-likeness (QED) is 0.282. The summed E-state index contributed by atoms with van der Waals surface area (Å²) >= 11 is 0. The van der Waals surface area contributed by atoms with Crippen molar-refractivity contribution >= 4 is 23.7 Å². The van der Waals surface area contributed by atoms with E-state index in [2.05, 4.69) is 16.0 Å². The molecular formula is C28H45N5O6. The molecule has 1 fully saturated rings. The summed E-state index contributed by atoms with van der Waals surface area (Å²) in [6.07, 6.45) is 1.40. The van der Waals surface area contributed by atoms with Gasteiger partial charge in [0.2, 0.25) is 17.7 Å². The van der Waals surface area contributed by atoms with Crippen LogP contribution in [0.1, 0.15) is 52.5 Å².